The number of rotatable bonds is 7. The molecule has 0 saturated heterocycles. The zero-order valence-corrected chi connectivity index (χ0v) is 19.6. The fourth-order valence-electron chi connectivity index (χ4n) is 4.00. The van der Waals surface area contributed by atoms with Crippen LogP contribution in [0.2, 0.25) is 0 Å². The molecule has 8 heteroatoms. The number of thioether (sulfide) groups is 1. The molecule has 3 aromatic rings. The van der Waals surface area contributed by atoms with Gasteiger partial charge in [0, 0.05) is 18.5 Å². The molecule has 164 valence electrons. The zero-order valence-electron chi connectivity index (χ0n) is 18.0. The molecular formula is C23H26FN3O2S2. The van der Waals surface area contributed by atoms with E-state index < -0.39 is 0 Å². The number of benzene rings is 1. The summed E-state index contributed by atoms with van der Waals surface area (Å²) in [5, 5.41) is 1.39. The van der Waals surface area contributed by atoms with E-state index in [2.05, 4.69) is 0 Å². The molecule has 31 heavy (non-hydrogen) atoms. The Kier molecular flexibility index (Phi) is 6.48. The van der Waals surface area contributed by atoms with Gasteiger partial charge in [-0.3, -0.25) is 14.2 Å². The highest BCUT2D eigenvalue weighted by Crippen LogP contribution is 2.35. The number of nitrogens with zero attached hydrogens (tertiary/aromatic N) is 3. The van der Waals surface area contributed by atoms with Crippen molar-refractivity contribution in [3.8, 4) is 0 Å². The second-order valence-electron chi connectivity index (χ2n) is 7.91. The SMILES string of the molecule is CCCn1c(SCC(=O)N(C)C(C)c2ccc(F)cc2)nc2sc3c(c2c1=O)CCC3. The molecular weight excluding hydrogens is 433 g/mol. The van der Waals surface area contributed by atoms with Crippen LogP contribution in [0.1, 0.15) is 48.7 Å². The van der Waals surface area contributed by atoms with E-state index in [0.29, 0.717) is 11.7 Å². The van der Waals surface area contributed by atoms with Crippen molar-refractivity contribution in [3.63, 3.8) is 0 Å². The highest BCUT2D eigenvalue weighted by Gasteiger charge is 2.24. The van der Waals surface area contributed by atoms with Crippen LogP contribution in [0.25, 0.3) is 10.2 Å². The average molecular weight is 460 g/mol. The van der Waals surface area contributed by atoms with E-state index in [-0.39, 0.29) is 29.1 Å². The quantitative estimate of drug-likeness (QED) is 0.376. The van der Waals surface area contributed by atoms with Gasteiger partial charge < -0.3 is 4.90 Å². The van der Waals surface area contributed by atoms with Gasteiger partial charge in [-0.25, -0.2) is 9.37 Å². The van der Waals surface area contributed by atoms with Crippen LogP contribution in [0.5, 0.6) is 0 Å². The van der Waals surface area contributed by atoms with E-state index in [0.717, 1.165) is 41.5 Å². The lowest BCUT2D eigenvalue weighted by Crippen LogP contribution is -2.31. The van der Waals surface area contributed by atoms with Gasteiger partial charge in [-0.1, -0.05) is 30.8 Å². The highest BCUT2D eigenvalue weighted by molar-refractivity contribution is 7.99. The largest absolute Gasteiger partial charge is 0.338 e. The Hall–Kier alpha value is -2.19. The molecule has 1 aromatic carbocycles. The van der Waals surface area contributed by atoms with Crippen molar-refractivity contribution < 1.29 is 9.18 Å². The molecule has 1 aliphatic rings. The fraction of sp³-hybridized carbons (Fsp3) is 0.435. The van der Waals surface area contributed by atoms with Crippen LogP contribution >= 0.6 is 23.1 Å². The number of fused-ring (bicyclic) bond motifs is 3. The maximum Gasteiger partial charge on any atom is 0.263 e. The van der Waals surface area contributed by atoms with Gasteiger partial charge in [0.15, 0.2) is 5.16 Å². The summed E-state index contributed by atoms with van der Waals surface area (Å²) in [5.41, 5.74) is 2.08. The van der Waals surface area contributed by atoms with Crippen molar-refractivity contribution in [2.24, 2.45) is 0 Å². The predicted octanol–water partition coefficient (Wildman–Crippen LogP) is 4.81. The number of aromatic nitrogens is 2. The van der Waals surface area contributed by atoms with Crippen LogP contribution in [0.3, 0.4) is 0 Å². The fourth-order valence-corrected chi connectivity index (χ4v) is 6.25. The first-order chi connectivity index (χ1) is 14.9. The number of thiophene rings is 1. The zero-order chi connectivity index (χ0) is 22.1. The number of amides is 1. The molecule has 2 aromatic heterocycles. The maximum atomic E-state index is 13.2. The molecule has 0 N–H and O–H groups in total. The Morgan fingerprint density at radius 1 is 1.32 bits per heavy atom. The number of aryl methyl sites for hydroxylation is 2. The molecule has 4 rings (SSSR count). The van der Waals surface area contributed by atoms with E-state index in [1.165, 1.54) is 34.3 Å². The summed E-state index contributed by atoms with van der Waals surface area (Å²) in [4.78, 5) is 34.6. The van der Waals surface area contributed by atoms with Crippen molar-refractivity contribution >= 4 is 39.2 Å². The molecule has 1 unspecified atom stereocenters. The lowest BCUT2D eigenvalue weighted by molar-refractivity contribution is -0.128. The Morgan fingerprint density at radius 2 is 2.06 bits per heavy atom. The van der Waals surface area contributed by atoms with E-state index in [1.807, 2.05) is 13.8 Å². The molecule has 0 radical (unpaired) electrons. The Labute approximate surface area is 189 Å². The first-order valence-electron chi connectivity index (χ1n) is 10.6. The first kappa shape index (κ1) is 22.0. The summed E-state index contributed by atoms with van der Waals surface area (Å²) < 4.78 is 14.9. The van der Waals surface area contributed by atoms with Crippen LogP contribution < -0.4 is 5.56 Å². The van der Waals surface area contributed by atoms with Crippen molar-refractivity contribution in [3.05, 3.63) is 56.4 Å². The third-order valence-electron chi connectivity index (χ3n) is 5.89. The van der Waals surface area contributed by atoms with Gasteiger partial charge in [0.1, 0.15) is 10.6 Å². The summed E-state index contributed by atoms with van der Waals surface area (Å²) in [7, 11) is 1.75. The van der Waals surface area contributed by atoms with E-state index in [4.69, 9.17) is 4.98 Å². The van der Waals surface area contributed by atoms with Gasteiger partial charge >= 0.3 is 0 Å². The van der Waals surface area contributed by atoms with Gasteiger partial charge in [0.2, 0.25) is 5.91 Å². The molecule has 0 fully saturated rings. The van der Waals surface area contributed by atoms with Crippen LogP contribution in [0.4, 0.5) is 4.39 Å². The van der Waals surface area contributed by atoms with Crippen molar-refractivity contribution in [1.29, 1.82) is 0 Å². The van der Waals surface area contributed by atoms with Crippen LogP contribution in [-0.2, 0) is 24.2 Å². The molecule has 1 atom stereocenters. The molecule has 5 nitrogen and oxygen atoms in total. The van der Waals surface area contributed by atoms with Gasteiger partial charge in [0.05, 0.1) is 17.2 Å². The minimum absolute atomic E-state index is 0.0224. The van der Waals surface area contributed by atoms with Gasteiger partial charge in [-0.15, -0.1) is 11.3 Å². The summed E-state index contributed by atoms with van der Waals surface area (Å²) in [5.74, 6) is -0.169. The van der Waals surface area contributed by atoms with E-state index in [1.54, 1.807) is 40.0 Å². The van der Waals surface area contributed by atoms with E-state index >= 15 is 0 Å². The lowest BCUT2D eigenvalue weighted by Gasteiger charge is -2.25. The smallest absolute Gasteiger partial charge is 0.263 e. The first-order valence-corrected chi connectivity index (χ1v) is 12.4. The number of hydrogen-bond acceptors (Lipinski definition) is 5. The Morgan fingerprint density at radius 3 is 2.77 bits per heavy atom. The Bertz CT molecular complexity index is 1170. The van der Waals surface area contributed by atoms with Crippen LogP contribution in [0.15, 0.2) is 34.2 Å². The second kappa shape index (κ2) is 9.12. The van der Waals surface area contributed by atoms with Gasteiger partial charge in [-0.05, 0) is 55.9 Å². The molecule has 0 bridgehead atoms. The molecule has 0 saturated carbocycles. The Balaban J connectivity index is 1.55. The summed E-state index contributed by atoms with van der Waals surface area (Å²) in [6.45, 7) is 4.54. The minimum Gasteiger partial charge on any atom is -0.338 e. The summed E-state index contributed by atoms with van der Waals surface area (Å²) in [6.07, 6.45) is 3.91. The van der Waals surface area contributed by atoms with Gasteiger partial charge in [-0.2, -0.15) is 0 Å². The summed E-state index contributed by atoms with van der Waals surface area (Å²) in [6, 6.07) is 6.02. The highest BCUT2D eigenvalue weighted by atomic mass is 32.2. The number of carbonyl (C=O) groups excluding carboxylic acids is 1. The number of carbonyl (C=O) groups is 1. The van der Waals surface area contributed by atoms with Crippen molar-refractivity contribution in [1.82, 2.24) is 14.5 Å². The minimum atomic E-state index is -0.296. The molecule has 0 aliphatic heterocycles. The third kappa shape index (κ3) is 4.28. The van der Waals surface area contributed by atoms with Crippen LogP contribution in [0, 0.1) is 5.82 Å². The standard InChI is InChI=1S/C23H26FN3O2S2/c1-4-12-27-22(29)20-17-6-5-7-18(17)31-21(20)25-23(27)30-13-19(28)26(3)14(2)15-8-10-16(24)11-9-15/h8-11,14H,4-7,12-13H2,1-3H3. The van der Waals surface area contributed by atoms with Crippen molar-refractivity contribution in [2.45, 2.75) is 57.3 Å². The third-order valence-corrected chi connectivity index (χ3v) is 8.04. The lowest BCUT2D eigenvalue weighted by atomic mass is 10.1. The van der Waals surface area contributed by atoms with E-state index in [9.17, 15) is 14.0 Å². The predicted molar refractivity (Wildman–Crippen MR) is 125 cm³/mol. The second-order valence-corrected chi connectivity index (χ2v) is 9.94. The number of hydrogen-bond donors (Lipinski definition) is 0. The molecule has 1 aliphatic carbocycles. The van der Waals surface area contributed by atoms with Crippen molar-refractivity contribution in [2.75, 3.05) is 12.8 Å². The molecule has 2 heterocycles. The molecule has 1 amide bonds. The topological polar surface area (TPSA) is 55.2 Å². The average Bonchev–Trinajstić information content (AvgIpc) is 3.34. The molecule has 0 spiro atoms. The normalized spacial score (nSPS) is 14.1. The van der Waals surface area contributed by atoms with Gasteiger partial charge in [0.25, 0.3) is 5.56 Å². The maximum absolute atomic E-state index is 13.2. The monoisotopic (exact) mass is 459 g/mol. The summed E-state index contributed by atoms with van der Waals surface area (Å²) >= 11 is 2.94. The van der Waals surface area contributed by atoms with Crippen LogP contribution in [-0.4, -0.2) is 33.2 Å². The number of halogens is 1.